The maximum atomic E-state index is 11.9. The third-order valence-corrected chi connectivity index (χ3v) is 4.50. The number of halogens is 1. The number of alkyl halides is 1. The molecule has 0 aliphatic carbocycles. The Morgan fingerprint density at radius 2 is 2.15 bits per heavy atom. The molecular formula is C14H15ClN2OS2. The Morgan fingerprint density at radius 1 is 1.40 bits per heavy atom. The average Bonchev–Trinajstić information content (AvgIpc) is 2.96. The van der Waals surface area contributed by atoms with Crippen LogP contribution in [0.4, 0.5) is 0 Å². The zero-order chi connectivity index (χ0) is 14.4. The number of thioether (sulfide) groups is 1. The number of nitrogens with one attached hydrogen (secondary N) is 1. The molecule has 0 unspecified atom stereocenters. The van der Waals surface area contributed by atoms with Crippen molar-refractivity contribution >= 4 is 40.6 Å². The summed E-state index contributed by atoms with van der Waals surface area (Å²) in [5.41, 5.74) is 2.56. The second-order valence-corrected chi connectivity index (χ2v) is 6.21. The van der Waals surface area contributed by atoms with Crippen molar-refractivity contribution in [1.29, 1.82) is 0 Å². The largest absolute Gasteiger partial charge is 0.351 e. The minimum atomic E-state index is -0.0359. The van der Waals surface area contributed by atoms with Gasteiger partial charge in [0.2, 0.25) is 0 Å². The molecule has 0 aliphatic rings. The molecule has 0 saturated carbocycles. The molecule has 1 N–H and O–H groups in total. The van der Waals surface area contributed by atoms with Gasteiger partial charge in [0, 0.05) is 28.8 Å². The number of thiazole rings is 1. The second kappa shape index (κ2) is 7.67. The normalized spacial score (nSPS) is 10.5. The highest BCUT2D eigenvalue weighted by molar-refractivity contribution is 7.98. The number of carbonyl (C=O) groups excluding carboxylic acids is 1. The van der Waals surface area contributed by atoms with Gasteiger partial charge in [0.15, 0.2) is 0 Å². The van der Waals surface area contributed by atoms with E-state index >= 15 is 0 Å². The third kappa shape index (κ3) is 3.98. The van der Waals surface area contributed by atoms with Gasteiger partial charge in [-0.05, 0) is 18.4 Å². The van der Waals surface area contributed by atoms with Gasteiger partial charge < -0.3 is 5.32 Å². The molecule has 20 heavy (non-hydrogen) atoms. The molecule has 1 aromatic heterocycles. The van der Waals surface area contributed by atoms with Crippen molar-refractivity contribution in [2.75, 3.05) is 18.6 Å². The van der Waals surface area contributed by atoms with Crippen LogP contribution in [0.1, 0.15) is 16.1 Å². The van der Waals surface area contributed by atoms with Crippen LogP contribution in [-0.4, -0.2) is 29.4 Å². The van der Waals surface area contributed by atoms with E-state index < -0.39 is 0 Å². The lowest BCUT2D eigenvalue weighted by Gasteiger charge is -2.04. The van der Waals surface area contributed by atoms with Gasteiger partial charge in [-0.25, -0.2) is 4.98 Å². The van der Waals surface area contributed by atoms with Crippen LogP contribution >= 0.6 is 34.7 Å². The average molecular weight is 327 g/mol. The summed E-state index contributed by atoms with van der Waals surface area (Å²) in [4.78, 5) is 16.3. The molecular weight excluding hydrogens is 312 g/mol. The van der Waals surface area contributed by atoms with Gasteiger partial charge in [-0.3, -0.25) is 4.79 Å². The van der Waals surface area contributed by atoms with Gasteiger partial charge in [-0.15, -0.1) is 22.9 Å². The highest BCUT2D eigenvalue weighted by Gasteiger charge is 2.07. The first-order chi connectivity index (χ1) is 9.74. The SMILES string of the molecule is CSCCNC(=O)c1ccc(-c2nc(CCl)cs2)cc1. The standard InChI is InChI=1S/C14H15ClN2OS2/c1-19-7-6-16-13(18)10-2-4-11(5-3-10)14-17-12(8-15)9-20-14/h2-5,9H,6-8H2,1H3,(H,16,18). The Kier molecular flexibility index (Phi) is 5.88. The summed E-state index contributed by atoms with van der Waals surface area (Å²) in [5, 5.41) is 5.76. The number of amides is 1. The van der Waals surface area contributed by atoms with Gasteiger partial charge in [0.05, 0.1) is 11.6 Å². The van der Waals surface area contributed by atoms with E-state index in [4.69, 9.17) is 11.6 Å². The van der Waals surface area contributed by atoms with Crippen LogP contribution in [0.5, 0.6) is 0 Å². The third-order valence-electron chi connectivity index (χ3n) is 2.67. The van der Waals surface area contributed by atoms with Gasteiger partial charge in [-0.2, -0.15) is 11.8 Å². The molecule has 0 bridgehead atoms. The fourth-order valence-electron chi connectivity index (χ4n) is 1.63. The molecule has 0 radical (unpaired) electrons. The van der Waals surface area contributed by atoms with Crippen LogP contribution in [0.3, 0.4) is 0 Å². The summed E-state index contributed by atoms with van der Waals surface area (Å²) in [7, 11) is 0. The molecule has 0 spiro atoms. The number of hydrogen-bond donors (Lipinski definition) is 1. The van der Waals surface area contributed by atoms with Crippen molar-refractivity contribution in [3.05, 3.63) is 40.9 Å². The maximum absolute atomic E-state index is 11.9. The first kappa shape index (κ1) is 15.4. The molecule has 1 aromatic carbocycles. The number of benzene rings is 1. The van der Waals surface area contributed by atoms with Gasteiger partial charge in [0.25, 0.3) is 5.91 Å². The Labute approximate surface area is 131 Å². The number of nitrogens with zero attached hydrogens (tertiary/aromatic N) is 1. The van der Waals surface area contributed by atoms with Crippen molar-refractivity contribution in [3.8, 4) is 10.6 Å². The summed E-state index contributed by atoms with van der Waals surface area (Å²) in [5.74, 6) is 1.31. The maximum Gasteiger partial charge on any atom is 0.251 e. The fourth-order valence-corrected chi connectivity index (χ4v) is 2.99. The summed E-state index contributed by atoms with van der Waals surface area (Å²) >= 11 is 9.01. The van der Waals surface area contributed by atoms with E-state index in [1.165, 1.54) is 0 Å². The Hall–Kier alpha value is -1.04. The Bertz CT molecular complexity index is 569. The molecule has 0 aliphatic heterocycles. The van der Waals surface area contributed by atoms with E-state index in [2.05, 4.69) is 10.3 Å². The Balaban J connectivity index is 2.04. The number of aromatic nitrogens is 1. The van der Waals surface area contributed by atoms with Crippen LogP contribution < -0.4 is 5.32 Å². The lowest BCUT2D eigenvalue weighted by Crippen LogP contribution is -2.25. The molecule has 0 fully saturated rings. The van der Waals surface area contributed by atoms with E-state index in [-0.39, 0.29) is 5.91 Å². The van der Waals surface area contributed by atoms with Crippen molar-refractivity contribution in [2.24, 2.45) is 0 Å². The molecule has 0 atom stereocenters. The number of carbonyl (C=O) groups is 1. The van der Waals surface area contributed by atoms with E-state index in [1.807, 2.05) is 35.9 Å². The van der Waals surface area contributed by atoms with Crippen LogP contribution in [0.2, 0.25) is 0 Å². The lowest BCUT2D eigenvalue weighted by molar-refractivity contribution is 0.0956. The number of hydrogen-bond acceptors (Lipinski definition) is 4. The van der Waals surface area contributed by atoms with Crippen LogP contribution in [0.15, 0.2) is 29.6 Å². The van der Waals surface area contributed by atoms with E-state index in [1.54, 1.807) is 23.1 Å². The van der Waals surface area contributed by atoms with E-state index in [0.29, 0.717) is 18.0 Å². The monoisotopic (exact) mass is 326 g/mol. The summed E-state index contributed by atoms with van der Waals surface area (Å²) in [6, 6.07) is 7.48. The number of rotatable bonds is 6. The minimum Gasteiger partial charge on any atom is -0.351 e. The lowest BCUT2D eigenvalue weighted by atomic mass is 10.1. The predicted molar refractivity (Wildman–Crippen MR) is 87.8 cm³/mol. The van der Waals surface area contributed by atoms with E-state index in [9.17, 15) is 4.79 Å². The summed E-state index contributed by atoms with van der Waals surface area (Å²) in [6.45, 7) is 0.688. The van der Waals surface area contributed by atoms with Gasteiger partial charge in [0.1, 0.15) is 5.01 Å². The van der Waals surface area contributed by atoms with Crippen molar-refractivity contribution in [1.82, 2.24) is 10.3 Å². The fraction of sp³-hybridized carbons (Fsp3) is 0.286. The Morgan fingerprint density at radius 3 is 2.75 bits per heavy atom. The van der Waals surface area contributed by atoms with E-state index in [0.717, 1.165) is 22.0 Å². The van der Waals surface area contributed by atoms with Crippen molar-refractivity contribution in [3.63, 3.8) is 0 Å². The molecule has 1 amide bonds. The van der Waals surface area contributed by atoms with Gasteiger partial charge in [-0.1, -0.05) is 12.1 Å². The van der Waals surface area contributed by atoms with Crippen LogP contribution in [-0.2, 0) is 5.88 Å². The highest BCUT2D eigenvalue weighted by atomic mass is 35.5. The molecule has 2 rings (SSSR count). The van der Waals surface area contributed by atoms with Crippen molar-refractivity contribution < 1.29 is 4.79 Å². The predicted octanol–water partition coefficient (Wildman–Crippen LogP) is 3.64. The smallest absolute Gasteiger partial charge is 0.251 e. The van der Waals surface area contributed by atoms with Crippen LogP contribution in [0.25, 0.3) is 10.6 Å². The zero-order valence-electron chi connectivity index (χ0n) is 11.1. The summed E-state index contributed by atoms with van der Waals surface area (Å²) < 4.78 is 0. The molecule has 106 valence electrons. The molecule has 2 aromatic rings. The highest BCUT2D eigenvalue weighted by Crippen LogP contribution is 2.24. The summed E-state index contributed by atoms with van der Waals surface area (Å²) in [6.07, 6.45) is 2.02. The van der Waals surface area contributed by atoms with Crippen LogP contribution in [0, 0.1) is 0 Å². The molecule has 1 heterocycles. The second-order valence-electron chi connectivity index (χ2n) is 4.10. The van der Waals surface area contributed by atoms with Crippen molar-refractivity contribution in [2.45, 2.75) is 5.88 Å². The zero-order valence-corrected chi connectivity index (χ0v) is 13.4. The van der Waals surface area contributed by atoms with Gasteiger partial charge >= 0.3 is 0 Å². The quantitative estimate of drug-likeness (QED) is 0.651. The molecule has 6 heteroatoms. The topological polar surface area (TPSA) is 42.0 Å². The molecule has 3 nitrogen and oxygen atoms in total. The minimum absolute atomic E-state index is 0.0359. The first-order valence-corrected chi connectivity index (χ1v) is 8.93. The molecule has 0 saturated heterocycles. The first-order valence-electron chi connectivity index (χ1n) is 6.12.